The molecule has 1 aliphatic heterocycles. The van der Waals surface area contributed by atoms with Crippen LogP contribution in [0.4, 0.5) is 4.79 Å². The summed E-state index contributed by atoms with van der Waals surface area (Å²) in [4.78, 5) is 27.0. The fraction of sp³-hybridized carbons (Fsp3) is 0.846. The summed E-state index contributed by atoms with van der Waals surface area (Å²) in [6, 6.07) is -0.713. The van der Waals surface area contributed by atoms with Crippen LogP contribution >= 0.6 is 11.8 Å². The van der Waals surface area contributed by atoms with Crippen LogP contribution in [-0.2, 0) is 4.79 Å². The Kier molecular flexibility index (Phi) is 6.48. The largest absolute Gasteiger partial charge is 0.480 e. The summed E-state index contributed by atoms with van der Waals surface area (Å²) in [6.45, 7) is 2.54. The first-order valence-corrected chi connectivity index (χ1v) is 8.13. The Hall–Kier alpha value is -0.910. The van der Waals surface area contributed by atoms with Crippen LogP contribution in [-0.4, -0.2) is 64.6 Å². The van der Waals surface area contributed by atoms with E-state index in [0.717, 1.165) is 25.0 Å². The van der Waals surface area contributed by atoms with E-state index in [-0.39, 0.29) is 12.1 Å². The molecule has 1 aliphatic rings. The molecule has 2 amide bonds. The van der Waals surface area contributed by atoms with Crippen LogP contribution in [0, 0.1) is 0 Å². The number of nitrogens with zero attached hydrogens (tertiary/aromatic N) is 2. The average Bonchev–Trinajstić information content (AvgIpc) is 2.62. The molecule has 0 aromatic rings. The predicted octanol–water partition coefficient (Wildman–Crippen LogP) is 2.12. The van der Waals surface area contributed by atoms with Crippen LogP contribution in [0.2, 0.25) is 0 Å². The van der Waals surface area contributed by atoms with Gasteiger partial charge in [0.2, 0.25) is 0 Å². The van der Waals surface area contributed by atoms with Gasteiger partial charge in [-0.25, -0.2) is 9.59 Å². The third-order valence-electron chi connectivity index (χ3n) is 3.65. The van der Waals surface area contributed by atoms with Crippen molar-refractivity contribution in [2.45, 2.75) is 44.7 Å². The number of aliphatic carboxylic acids is 1. The Labute approximate surface area is 119 Å². The minimum absolute atomic E-state index is 0.111. The number of thioether (sulfide) groups is 1. The number of hydrogen-bond donors (Lipinski definition) is 1. The monoisotopic (exact) mass is 288 g/mol. The maximum Gasteiger partial charge on any atom is 0.326 e. The number of urea groups is 1. The van der Waals surface area contributed by atoms with Crippen molar-refractivity contribution in [3.8, 4) is 0 Å². The third-order valence-corrected chi connectivity index (χ3v) is 4.47. The van der Waals surface area contributed by atoms with Gasteiger partial charge < -0.3 is 14.9 Å². The normalized spacial score (nSPS) is 21.6. The molecule has 1 heterocycles. The van der Waals surface area contributed by atoms with Crippen molar-refractivity contribution in [3.05, 3.63) is 0 Å². The highest BCUT2D eigenvalue weighted by molar-refractivity contribution is 7.98. The van der Waals surface area contributed by atoms with Crippen molar-refractivity contribution in [1.29, 1.82) is 0 Å². The third kappa shape index (κ3) is 4.30. The van der Waals surface area contributed by atoms with Crippen LogP contribution in [0.15, 0.2) is 0 Å². The Morgan fingerprint density at radius 2 is 2.11 bits per heavy atom. The lowest BCUT2D eigenvalue weighted by atomic mass is 10.1. The van der Waals surface area contributed by atoms with Crippen molar-refractivity contribution < 1.29 is 14.7 Å². The summed E-state index contributed by atoms with van der Waals surface area (Å²) in [5.74, 6) is -0.0328. The van der Waals surface area contributed by atoms with Gasteiger partial charge in [-0.05, 0) is 26.0 Å². The van der Waals surface area contributed by atoms with Gasteiger partial charge in [-0.15, -0.1) is 0 Å². The van der Waals surface area contributed by atoms with Gasteiger partial charge in [0.05, 0.1) is 0 Å². The molecule has 0 radical (unpaired) electrons. The summed E-state index contributed by atoms with van der Waals surface area (Å²) in [7, 11) is 1.76. The molecule has 19 heavy (non-hydrogen) atoms. The van der Waals surface area contributed by atoms with E-state index < -0.39 is 12.0 Å². The van der Waals surface area contributed by atoms with Gasteiger partial charge in [0.15, 0.2) is 0 Å². The SMILES string of the molecule is CSCC(C)N(C)C(=O)N1CCCCCC1C(=O)O. The van der Waals surface area contributed by atoms with Crippen molar-refractivity contribution >= 4 is 23.8 Å². The van der Waals surface area contributed by atoms with Gasteiger partial charge in [-0.2, -0.15) is 11.8 Å². The second kappa shape index (κ2) is 7.62. The summed E-state index contributed by atoms with van der Waals surface area (Å²) in [5.41, 5.74) is 0. The fourth-order valence-electron chi connectivity index (χ4n) is 2.34. The minimum Gasteiger partial charge on any atom is -0.480 e. The Balaban J connectivity index is 2.77. The molecule has 110 valence electrons. The quantitative estimate of drug-likeness (QED) is 0.861. The van der Waals surface area contributed by atoms with Crippen molar-refractivity contribution in [2.24, 2.45) is 0 Å². The predicted molar refractivity (Wildman–Crippen MR) is 77.6 cm³/mol. The van der Waals surface area contributed by atoms with E-state index >= 15 is 0 Å². The zero-order valence-electron chi connectivity index (χ0n) is 12.0. The van der Waals surface area contributed by atoms with Crippen LogP contribution in [0.25, 0.3) is 0 Å². The van der Waals surface area contributed by atoms with Gasteiger partial charge in [-0.1, -0.05) is 12.8 Å². The maximum atomic E-state index is 12.5. The van der Waals surface area contributed by atoms with Crippen molar-refractivity contribution in [2.75, 3.05) is 25.6 Å². The second-order valence-electron chi connectivity index (χ2n) is 5.09. The topological polar surface area (TPSA) is 60.9 Å². The highest BCUT2D eigenvalue weighted by atomic mass is 32.2. The lowest BCUT2D eigenvalue weighted by Gasteiger charge is -2.34. The molecule has 1 rings (SSSR count). The van der Waals surface area contributed by atoms with E-state index in [9.17, 15) is 14.7 Å². The molecular formula is C13H24N2O3S. The molecule has 2 unspecified atom stereocenters. The number of hydrogen-bond acceptors (Lipinski definition) is 3. The van der Waals surface area contributed by atoms with E-state index in [0.29, 0.717) is 13.0 Å². The molecule has 0 bridgehead atoms. The number of amides is 2. The highest BCUT2D eigenvalue weighted by Crippen LogP contribution is 2.19. The molecule has 0 spiro atoms. The summed E-state index contributed by atoms with van der Waals surface area (Å²) in [5, 5.41) is 9.29. The van der Waals surface area contributed by atoms with Gasteiger partial charge in [0.25, 0.3) is 0 Å². The molecule has 0 aliphatic carbocycles. The minimum atomic E-state index is -0.888. The van der Waals surface area contributed by atoms with E-state index in [1.807, 2.05) is 13.2 Å². The van der Waals surface area contributed by atoms with Crippen LogP contribution in [0.1, 0.15) is 32.6 Å². The molecule has 6 heteroatoms. The van der Waals surface area contributed by atoms with Crippen LogP contribution in [0.3, 0.4) is 0 Å². The molecular weight excluding hydrogens is 264 g/mol. The van der Waals surface area contributed by atoms with Gasteiger partial charge in [-0.3, -0.25) is 0 Å². The number of carboxylic acids is 1. The molecule has 5 nitrogen and oxygen atoms in total. The number of carbonyl (C=O) groups is 2. The molecule has 0 aromatic carbocycles. The van der Waals surface area contributed by atoms with E-state index in [4.69, 9.17) is 0 Å². The van der Waals surface area contributed by atoms with Gasteiger partial charge in [0.1, 0.15) is 6.04 Å². The molecule has 1 saturated heterocycles. The molecule has 1 fully saturated rings. The van der Waals surface area contributed by atoms with Gasteiger partial charge >= 0.3 is 12.0 Å². The standard InChI is InChI=1S/C13H24N2O3S/c1-10(9-19-3)14(2)13(18)15-8-6-4-5-7-11(15)12(16)17/h10-11H,4-9H2,1-3H3,(H,16,17). The lowest BCUT2D eigenvalue weighted by molar-refractivity contribution is -0.142. The summed E-state index contributed by atoms with van der Waals surface area (Å²) < 4.78 is 0. The Morgan fingerprint density at radius 1 is 1.42 bits per heavy atom. The zero-order valence-corrected chi connectivity index (χ0v) is 12.8. The number of carboxylic acid groups (broad SMARTS) is 1. The molecule has 0 aromatic heterocycles. The zero-order chi connectivity index (χ0) is 14.4. The molecule has 0 saturated carbocycles. The molecule has 2 atom stereocenters. The first-order chi connectivity index (χ1) is 8.99. The van der Waals surface area contributed by atoms with Gasteiger partial charge in [0, 0.05) is 25.4 Å². The van der Waals surface area contributed by atoms with E-state index in [2.05, 4.69) is 0 Å². The summed E-state index contributed by atoms with van der Waals surface area (Å²) in [6.07, 6.45) is 5.33. The Bertz CT molecular complexity index is 325. The van der Waals surface area contributed by atoms with Crippen LogP contribution in [0.5, 0.6) is 0 Å². The summed E-state index contributed by atoms with van der Waals surface area (Å²) >= 11 is 1.68. The van der Waals surface area contributed by atoms with E-state index in [1.165, 1.54) is 4.90 Å². The lowest BCUT2D eigenvalue weighted by Crippen LogP contribution is -2.52. The van der Waals surface area contributed by atoms with Crippen molar-refractivity contribution in [3.63, 3.8) is 0 Å². The first kappa shape index (κ1) is 16.1. The smallest absolute Gasteiger partial charge is 0.326 e. The maximum absolute atomic E-state index is 12.5. The number of likely N-dealkylation sites (tertiary alicyclic amines) is 1. The van der Waals surface area contributed by atoms with E-state index in [1.54, 1.807) is 23.7 Å². The average molecular weight is 288 g/mol. The van der Waals surface area contributed by atoms with Crippen molar-refractivity contribution in [1.82, 2.24) is 9.80 Å². The Morgan fingerprint density at radius 3 is 2.68 bits per heavy atom. The second-order valence-corrected chi connectivity index (χ2v) is 6.01. The fourth-order valence-corrected chi connectivity index (χ4v) is 3.04. The molecule has 1 N–H and O–H groups in total. The first-order valence-electron chi connectivity index (χ1n) is 6.74. The number of carbonyl (C=O) groups excluding carboxylic acids is 1. The highest BCUT2D eigenvalue weighted by Gasteiger charge is 2.33. The number of rotatable bonds is 4. The van der Waals surface area contributed by atoms with Crippen LogP contribution < -0.4 is 0 Å².